The van der Waals surface area contributed by atoms with E-state index in [1.54, 1.807) is 0 Å². The minimum Gasteiger partial charge on any atom is -0.369 e. The molecule has 0 aliphatic carbocycles. The number of nitrogens with one attached hydrogen (secondary N) is 2. The first-order valence-corrected chi connectivity index (χ1v) is 7.14. The van der Waals surface area contributed by atoms with Gasteiger partial charge in [0.25, 0.3) is 0 Å². The SMILES string of the molecule is CNC(=O)NC(=O)CN1CCN(c2ccccc2C)CC1. The second-order valence-corrected chi connectivity index (χ2v) is 5.18. The number of carbonyl (C=O) groups excluding carboxylic acids is 2. The zero-order valence-electron chi connectivity index (χ0n) is 12.6. The maximum atomic E-state index is 11.7. The molecule has 1 aliphatic heterocycles. The molecule has 2 N–H and O–H groups in total. The highest BCUT2D eigenvalue weighted by molar-refractivity contribution is 5.95. The molecule has 21 heavy (non-hydrogen) atoms. The molecule has 1 fully saturated rings. The van der Waals surface area contributed by atoms with Gasteiger partial charge in [-0.1, -0.05) is 18.2 Å². The fraction of sp³-hybridized carbons (Fsp3) is 0.467. The van der Waals surface area contributed by atoms with Crippen molar-refractivity contribution in [2.75, 3.05) is 44.7 Å². The van der Waals surface area contributed by atoms with Crippen LogP contribution in [-0.2, 0) is 4.79 Å². The van der Waals surface area contributed by atoms with Crippen molar-refractivity contribution in [3.63, 3.8) is 0 Å². The molecule has 0 aromatic heterocycles. The van der Waals surface area contributed by atoms with Crippen molar-refractivity contribution in [1.29, 1.82) is 0 Å². The number of para-hydroxylation sites is 1. The molecule has 1 heterocycles. The molecule has 1 aliphatic rings. The Morgan fingerprint density at radius 2 is 1.81 bits per heavy atom. The van der Waals surface area contributed by atoms with E-state index in [2.05, 4.69) is 39.5 Å². The molecule has 0 bridgehead atoms. The summed E-state index contributed by atoms with van der Waals surface area (Å²) in [5.74, 6) is -0.265. The predicted molar refractivity (Wildman–Crippen MR) is 82.4 cm³/mol. The van der Waals surface area contributed by atoms with Crippen molar-refractivity contribution < 1.29 is 9.59 Å². The molecule has 0 unspecified atom stereocenters. The maximum absolute atomic E-state index is 11.7. The number of urea groups is 1. The van der Waals surface area contributed by atoms with Crippen LogP contribution in [0.2, 0.25) is 0 Å². The van der Waals surface area contributed by atoms with Crippen molar-refractivity contribution in [3.05, 3.63) is 29.8 Å². The Bertz CT molecular complexity index is 510. The Kier molecular flexibility index (Phi) is 5.16. The highest BCUT2D eigenvalue weighted by Gasteiger charge is 2.20. The number of benzene rings is 1. The molecule has 0 saturated carbocycles. The number of piperazine rings is 1. The lowest BCUT2D eigenvalue weighted by Crippen LogP contribution is -2.51. The Balaban J connectivity index is 1.82. The van der Waals surface area contributed by atoms with E-state index in [0.717, 1.165) is 26.2 Å². The number of carbonyl (C=O) groups is 2. The van der Waals surface area contributed by atoms with E-state index >= 15 is 0 Å². The summed E-state index contributed by atoms with van der Waals surface area (Å²) in [6.45, 7) is 5.77. The molecule has 1 aromatic carbocycles. The van der Waals surface area contributed by atoms with Gasteiger partial charge in [-0.2, -0.15) is 0 Å². The largest absolute Gasteiger partial charge is 0.369 e. The molecule has 6 nitrogen and oxygen atoms in total. The van der Waals surface area contributed by atoms with Crippen LogP contribution >= 0.6 is 0 Å². The van der Waals surface area contributed by atoms with Crippen LogP contribution in [0.25, 0.3) is 0 Å². The maximum Gasteiger partial charge on any atom is 0.321 e. The van der Waals surface area contributed by atoms with E-state index in [1.807, 2.05) is 12.1 Å². The first kappa shape index (κ1) is 15.3. The normalized spacial score (nSPS) is 15.6. The summed E-state index contributed by atoms with van der Waals surface area (Å²) >= 11 is 0. The fourth-order valence-electron chi connectivity index (χ4n) is 2.50. The molecule has 0 radical (unpaired) electrons. The average molecular weight is 290 g/mol. The van der Waals surface area contributed by atoms with Crippen molar-refractivity contribution in [1.82, 2.24) is 15.5 Å². The molecular formula is C15H22N4O2. The van der Waals surface area contributed by atoms with Crippen molar-refractivity contribution >= 4 is 17.6 Å². The van der Waals surface area contributed by atoms with Gasteiger partial charge < -0.3 is 10.2 Å². The molecule has 1 aromatic rings. The molecule has 0 atom stereocenters. The minimum atomic E-state index is -0.460. The van der Waals surface area contributed by atoms with Gasteiger partial charge >= 0.3 is 6.03 Å². The van der Waals surface area contributed by atoms with Crippen LogP contribution in [0, 0.1) is 6.92 Å². The van der Waals surface area contributed by atoms with Crippen LogP contribution in [0.4, 0.5) is 10.5 Å². The van der Waals surface area contributed by atoms with E-state index in [9.17, 15) is 9.59 Å². The zero-order valence-corrected chi connectivity index (χ0v) is 12.6. The predicted octanol–water partition coefficient (Wildman–Crippen LogP) is 0.573. The molecular weight excluding hydrogens is 268 g/mol. The third-order valence-corrected chi connectivity index (χ3v) is 3.68. The smallest absolute Gasteiger partial charge is 0.321 e. The first-order valence-electron chi connectivity index (χ1n) is 7.14. The van der Waals surface area contributed by atoms with E-state index in [0.29, 0.717) is 0 Å². The van der Waals surface area contributed by atoms with Gasteiger partial charge in [0.05, 0.1) is 6.54 Å². The Hall–Kier alpha value is -2.08. The quantitative estimate of drug-likeness (QED) is 0.854. The Morgan fingerprint density at radius 3 is 2.43 bits per heavy atom. The van der Waals surface area contributed by atoms with E-state index in [4.69, 9.17) is 0 Å². The molecule has 1 saturated heterocycles. The zero-order chi connectivity index (χ0) is 15.2. The fourth-order valence-corrected chi connectivity index (χ4v) is 2.50. The second-order valence-electron chi connectivity index (χ2n) is 5.18. The van der Waals surface area contributed by atoms with Crippen LogP contribution in [0.15, 0.2) is 24.3 Å². The van der Waals surface area contributed by atoms with Crippen molar-refractivity contribution in [2.45, 2.75) is 6.92 Å². The molecule has 2 rings (SSSR count). The van der Waals surface area contributed by atoms with E-state index in [1.165, 1.54) is 18.3 Å². The number of aryl methyl sites for hydroxylation is 1. The monoisotopic (exact) mass is 290 g/mol. The van der Waals surface area contributed by atoms with Crippen LogP contribution < -0.4 is 15.5 Å². The highest BCUT2D eigenvalue weighted by atomic mass is 16.2. The standard InChI is InChI=1S/C15H22N4O2/c1-12-5-3-4-6-13(12)19-9-7-18(8-10-19)11-14(20)17-15(21)16-2/h3-6H,7-11H2,1-2H3,(H2,16,17,20,21). The third kappa shape index (κ3) is 4.19. The Morgan fingerprint density at radius 1 is 1.14 bits per heavy atom. The lowest BCUT2D eigenvalue weighted by Gasteiger charge is -2.36. The number of rotatable bonds is 3. The van der Waals surface area contributed by atoms with Gasteiger partial charge in [-0.15, -0.1) is 0 Å². The summed E-state index contributed by atoms with van der Waals surface area (Å²) in [6.07, 6.45) is 0. The van der Waals surface area contributed by atoms with Gasteiger partial charge in [-0.25, -0.2) is 4.79 Å². The average Bonchev–Trinajstić information content (AvgIpc) is 2.48. The third-order valence-electron chi connectivity index (χ3n) is 3.68. The van der Waals surface area contributed by atoms with Crippen LogP contribution in [0.5, 0.6) is 0 Å². The number of nitrogens with zero attached hydrogens (tertiary/aromatic N) is 2. The molecule has 3 amide bonds. The minimum absolute atomic E-state index is 0.259. The summed E-state index contributed by atoms with van der Waals surface area (Å²) in [6, 6.07) is 7.87. The topological polar surface area (TPSA) is 64.7 Å². The summed E-state index contributed by atoms with van der Waals surface area (Å²) < 4.78 is 0. The molecule has 0 spiro atoms. The molecule has 6 heteroatoms. The van der Waals surface area contributed by atoms with Crippen LogP contribution in [0.3, 0.4) is 0 Å². The summed E-state index contributed by atoms with van der Waals surface area (Å²) in [5.41, 5.74) is 2.52. The summed E-state index contributed by atoms with van der Waals surface area (Å²) in [5, 5.41) is 4.65. The van der Waals surface area contributed by atoms with Gasteiger partial charge in [0.2, 0.25) is 5.91 Å². The molecule has 114 valence electrons. The van der Waals surface area contributed by atoms with Gasteiger partial charge in [0.15, 0.2) is 0 Å². The van der Waals surface area contributed by atoms with Crippen LogP contribution in [0.1, 0.15) is 5.56 Å². The highest BCUT2D eigenvalue weighted by Crippen LogP contribution is 2.20. The number of anilines is 1. The Labute approximate surface area is 125 Å². The number of amides is 3. The number of imide groups is 1. The van der Waals surface area contributed by atoms with E-state index in [-0.39, 0.29) is 12.5 Å². The van der Waals surface area contributed by atoms with Gasteiger partial charge in [0, 0.05) is 38.9 Å². The van der Waals surface area contributed by atoms with Gasteiger partial charge in [-0.05, 0) is 18.6 Å². The van der Waals surface area contributed by atoms with Crippen molar-refractivity contribution in [3.8, 4) is 0 Å². The second kappa shape index (κ2) is 7.08. The van der Waals surface area contributed by atoms with Gasteiger partial charge in [0.1, 0.15) is 0 Å². The summed E-state index contributed by atoms with van der Waals surface area (Å²) in [7, 11) is 1.49. The number of hydrogen-bond acceptors (Lipinski definition) is 4. The first-order chi connectivity index (χ1) is 10.1. The lowest BCUT2D eigenvalue weighted by molar-refractivity contribution is -0.121. The van der Waals surface area contributed by atoms with Crippen LogP contribution in [-0.4, -0.2) is 56.6 Å². The van der Waals surface area contributed by atoms with Crippen molar-refractivity contribution in [2.24, 2.45) is 0 Å². The summed E-state index contributed by atoms with van der Waals surface area (Å²) in [4.78, 5) is 27.1. The van der Waals surface area contributed by atoms with E-state index < -0.39 is 6.03 Å². The van der Waals surface area contributed by atoms with Gasteiger partial charge in [-0.3, -0.25) is 15.0 Å². The lowest BCUT2D eigenvalue weighted by atomic mass is 10.1. The number of hydrogen-bond donors (Lipinski definition) is 2.